The van der Waals surface area contributed by atoms with Crippen molar-refractivity contribution in [2.45, 2.75) is 39.2 Å². The summed E-state index contributed by atoms with van der Waals surface area (Å²) in [7, 11) is 0. The van der Waals surface area contributed by atoms with Crippen LogP contribution in [-0.4, -0.2) is 0 Å². The lowest BCUT2D eigenvalue weighted by Gasteiger charge is -2.13. The Morgan fingerprint density at radius 1 is 1.06 bits per heavy atom. The molecule has 1 aromatic heterocycles. The molecule has 0 spiro atoms. The third-order valence-corrected chi connectivity index (χ3v) is 3.40. The Balaban J connectivity index is 2.26. The maximum absolute atomic E-state index is 6.30. The molecule has 0 saturated heterocycles. The van der Waals surface area contributed by atoms with Crippen LogP contribution in [0.5, 0.6) is 0 Å². The van der Waals surface area contributed by atoms with Gasteiger partial charge >= 0.3 is 0 Å². The molecule has 0 saturated carbocycles. The fourth-order valence-electron chi connectivity index (χ4n) is 2.18. The third-order valence-electron chi connectivity index (χ3n) is 3.40. The van der Waals surface area contributed by atoms with Crippen LogP contribution in [0, 0.1) is 0 Å². The van der Waals surface area contributed by atoms with Crippen LogP contribution in [0.25, 0.3) is 0 Å². The van der Waals surface area contributed by atoms with Gasteiger partial charge in [0.05, 0.1) is 12.3 Å². The van der Waals surface area contributed by atoms with E-state index in [1.54, 1.807) is 6.26 Å². The van der Waals surface area contributed by atoms with Crippen LogP contribution in [0.15, 0.2) is 41.0 Å². The van der Waals surface area contributed by atoms with Gasteiger partial charge in [0.15, 0.2) is 0 Å². The number of hydrogen-bond acceptors (Lipinski definition) is 2. The molecule has 0 amide bonds. The topological polar surface area (TPSA) is 39.2 Å². The molecule has 1 unspecified atom stereocenters. The summed E-state index contributed by atoms with van der Waals surface area (Å²) in [5.41, 5.74) is 9.87. The first kappa shape index (κ1) is 12.9. The molecule has 2 aromatic rings. The molecule has 0 radical (unpaired) electrons. The summed E-state index contributed by atoms with van der Waals surface area (Å²) in [4.78, 5) is 0. The molecule has 2 heteroatoms. The number of furan rings is 1. The van der Waals surface area contributed by atoms with Crippen LogP contribution in [0.4, 0.5) is 0 Å². The van der Waals surface area contributed by atoms with Crippen molar-refractivity contribution in [3.05, 3.63) is 59.0 Å². The highest BCUT2D eigenvalue weighted by molar-refractivity contribution is 5.35. The summed E-state index contributed by atoms with van der Waals surface area (Å²) in [5.74, 6) is 1.53. The molecule has 0 bridgehead atoms. The maximum Gasteiger partial charge on any atom is 0.108 e. The lowest BCUT2D eigenvalue weighted by molar-refractivity contribution is 0.509. The lowest BCUT2D eigenvalue weighted by atomic mass is 9.95. The van der Waals surface area contributed by atoms with Gasteiger partial charge in [-0.05, 0) is 23.1 Å². The summed E-state index contributed by atoms with van der Waals surface area (Å²) < 4.78 is 5.44. The van der Waals surface area contributed by atoms with Gasteiger partial charge in [-0.3, -0.25) is 0 Å². The standard InChI is InChI=1S/C16H21NO/c1-4-15-14(9-10-18-15)16(17)13-7-5-12(6-8-13)11(2)3/h5-11,16H,4,17H2,1-3H3. The molecule has 0 fully saturated rings. The van der Waals surface area contributed by atoms with Crippen molar-refractivity contribution in [1.82, 2.24) is 0 Å². The Hall–Kier alpha value is -1.54. The fourth-order valence-corrected chi connectivity index (χ4v) is 2.18. The minimum atomic E-state index is -0.0973. The predicted octanol–water partition coefficient (Wildman–Crippen LogP) is 4.01. The molecule has 0 aliphatic heterocycles. The molecule has 2 N–H and O–H groups in total. The first-order valence-electron chi connectivity index (χ1n) is 6.55. The van der Waals surface area contributed by atoms with Gasteiger partial charge in [0.2, 0.25) is 0 Å². The maximum atomic E-state index is 6.30. The first-order valence-corrected chi connectivity index (χ1v) is 6.55. The SMILES string of the molecule is CCc1occc1C(N)c1ccc(C(C)C)cc1. The van der Waals surface area contributed by atoms with Crippen molar-refractivity contribution in [3.63, 3.8) is 0 Å². The summed E-state index contributed by atoms with van der Waals surface area (Å²) in [5, 5.41) is 0. The number of aryl methyl sites for hydroxylation is 1. The average molecular weight is 243 g/mol. The van der Waals surface area contributed by atoms with Gasteiger partial charge in [-0.1, -0.05) is 45.0 Å². The second-order valence-electron chi connectivity index (χ2n) is 4.95. The van der Waals surface area contributed by atoms with Crippen molar-refractivity contribution in [1.29, 1.82) is 0 Å². The van der Waals surface area contributed by atoms with E-state index in [4.69, 9.17) is 10.2 Å². The van der Waals surface area contributed by atoms with Crippen molar-refractivity contribution >= 4 is 0 Å². The van der Waals surface area contributed by atoms with Crippen molar-refractivity contribution in [2.75, 3.05) is 0 Å². The number of nitrogens with two attached hydrogens (primary N) is 1. The highest BCUT2D eigenvalue weighted by Crippen LogP contribution is 2.25. The van der Waals surface area contributed by atoms with Crippen LogP contribution in [0.1, 0.15) is 55.2 Å². The second-order valence-corrected chi connectivity index (χ2v) is 4.95. The van der Waals surface area contributed by atoms with E-state index >= 15 is 0 Å². The Labute approximate surface area is 109 Å². The molecular formula is C16H21NO. The molecule has 1 aromatic carbocycles. The zero-order valence-electron chi connectivity index (χ0n) is 11.3. The quantitative estimate of drug-likeness (QED) is 0.881. The molecule has 0 aliphatic rings. The van der Waals surface area contributed by atoms with Gasteiger partial charge in [0.25, 0.3) is 0 Å². The van der Waals surface area contributed by atoms with Crippen LogP contribution in [0.3, 0.4) is 0 Å². The Morgan fingerprint density at radius 2 is 1.67 bits per heavy atom. The Bertz CT molecular complexity index is 496. The van der Waals surface area contributed by atoms with Crippen LogP contribution < -0.4 is 5.73 Å². The first-order chi connectivity index (χ1) is 8.63. The Kier molecular flexibility index (Phi) is 3.87. The van der Waals surface area contributed by atoms with Crippen LogP contribution >= 0.6 is 0 Å². The largest absolute Gasteiger partial charge is 0.469 e. The van der Waals surface area contributed by atoms with E-state index < -0.39 is 0 Å². The highest BCUT2D eigenvalue weighted by atomic mass is 16.3. The van der Waals surface area contributed by atoms with E-state index in [9.17, 15) is 0 Å². The molecule has 96 valence electrons. The highest BCUT2D eigenvalue weighted by Gasteiger charge is 2.14. The van der Waals surface area contributed by atoms with Gasteiger partial charge in [-0.2, -0.15) is 0 Å². The van der Waals surface area contributed by atoms with Gasteiger partial charge in [-0.25, -0.2) is 0 Å². The van der Waals surface area contributed by atoms with Gasteiger partial charge < -0.3 is 10.2 Å². The molecule has 2 nitrogen and oxygen atoms in total. The van der Waals surface area contributed by atoms with E-state index in [1.165, 1.54) is 5.56 Å². The fraction of sp³-hybridized carbons (Fsp3) is 0.375. The minimum Gasteiger partial charge on any atom is -0.469 e. The molecule has 0 aliphatic carbocycles. The molecule has 1 heterocycles. The summed E-state index contributed by atoms with van der Waals surface area (Å²) in [6.45, 7) is 6.47. The Morgan fingerprint density at radius 3 is 2.22 bits per heavy atom. The minimum absolute atomic E-state index is 0.0973. The van der Waals surface area contributed by atoms with Crippen molar-refractivity contribution in [3.8, 4) is 0 Å². The monoisotopic (exact) mass is 243 g/mol. The van der Waals surface area contributed by atoms with E-state index in [2.05, 4.69) is 45.0 Å². The zero-order valence-corrected chi connectivity index (χ0v) is 11.3. The molecule has 2 rings (SSSR count). The van der Waals surface area contributed by atoms with Gasteiger partial charge in [-0.15, -0.1) is 0 Å². The zero-order chi connectivity index (χ0) is 13.1. The summed E-state index contributed by atoms with van der Waals surface area (Å²) in [6, 6.07) is 10.4. The van der Waals surface area contributed by atoms with E-state index in [1.807, 2.05) is 6.07 Å². The van der Waals surface area contributed by atoms with Crippen molar-refractivity contribution in [2.24, 2.45) is 5.73 Å². The summed E-state index contributed by atoms with van der Waals surface area (Å²) in [6.07, 6.45) is 2.59. The van der Waals surface area contributed by atoms with Crippen LogP contribution in [-0.2, 0) is 6.42 Å². The van der Waals surface area contributed by atoms with Gasteiger partial charge in [0, 0.05) is 12.0 Å². The lowest BCUT2D eigenvalue weighted by Crippen LogP contribution is -2.12. The van der Waals surface area contributed by atoms with Crippen molar-refractivity contribution < 1.29 is 4.42 Å². The normalized spacial score (nSPS) is 12.9. The van der Waals surface area contributed by atoms with Crippen LogP contribution in [0.2, 0.25) is 0 Å². The molecular weight excluding hydrogens is 222 g/mol. The predicted molar refractivity (Wildman–Crippen MR) is 74.6 cm³/mol. The van der Waals surface area contributed by atoms with Gasteiger partial charge in [0.1, 0.15) is 5.76 Å². The van der Waals surface area contributed by atoms with E-state index in [0.717, 1.165) is 23.3 Å². The molecule has 18 heavy (non-hydrogen) atoms. The number of benzene rings is 1. The smallest absolute Gasteiger partial charge is 0.108 e. The molecule has 1 atom stereocenters. The number of rotatable bonds is 4. The second kappa shape index (κ2) is 5.40. The average Bonchev–Trinajstić information content (AvgIpc) is 2.86. The summed E-state index contributed by atoms with van der Waals surface area (Å²) >= 11 is 0. The number of hydrogen-bond donors (Lipinski definition) is 1. The van der Waals surface area contributed by atoms with E-state index in [0.29, 0.717) is 5.92 Å². The third kappa shape index (κ3) is 2.49. The van der Waals surface area contributed by atoms with E-state index in [-0.39, 0.29) is 6.04 Å².